The molecule has 4 nitrogen and oxygen atoms in total. The summed E-state index contributed by atoms with van der Waals surface area (Å²) in [6.45, 7) is 2.82. The van der Waals surface area contributed by atoms with Crippen LogP contribution in [0.5, 0.6) is 0 Å². The van der Waals surface area contributed by atoms with Gasteiger partial charge in [0.2, 0.25) is 10.0 Å². The second-order valence-corrected chi connectivity index (χ2v) is 7.96. The first-order chi connectivity index (χ1) is 9.77. The minimum Gasteiger partial charge on any atom is -0.324 e. The van der Waals surface area contributed by atoms with Crippen LogP contribution in [-0.2, 0) is 10.0 Å². The van der Waals surface area contributed by atoms with Gasteiger partial charge < -0.3 is 5.73 Å². The average Bonchev–Trinajstić information content (AvgIpc) is 2.41. The lowest BCUT2D eigenvalue weighted by Gasteiger charge is -2.32. The average molecular weight is 314 g/mol. The Hall–Kier alpha value is -0.980. The van der Waals surface area contributed by atoms with Crippen molar-refractivity contribution in [2.45, 2.75) is 32.2 Å². The summed E-state index contributed by atoms with van der Waals surface area (Å²) in [5.41, 5.74) is 7.54. The van der Waals surface area contributed by atoms with Crippen molar-refractivity contribution in [3.63, 3.8) is 0 Å². The van der Waals surface area contributed by atoms with Gasteiger partial charge in [-0.1, -0.05) is 12.1 Å². The number of sulfonamides is 1. The highest BCUT2D eigenvalue weighted by Crippen LogP contribution is 2.27. The first-order valence-electron chi connectivity index (χ1n) is 7.24. The number of piperidine rings is 1. The van der Waals surface area contributed by atoms with E-state index in [1.807, 2.05) is 6.07 Å². The Balaban J connectivity index is 2.02. The van der Waals surface area contributed by atoms with Crippen LogP contribution < -0.4 is 5.73 Å². The van der Waals surface area contributed by atoms with Gasteiger partial charge in [-0.2, -0.15) is 0 Å². The van der Waals surface area contributed by atoms with Crippen LogP contribution in [0.3, 0.4) is 0 Å². The van der Waals surface area contributed by atoms with Crippen molar-refractivity contribution in [1.29, 1.82) is 0 Å². The summed E-state index contributed by atoms with van der Waals surface area (Å²) in [5, 5.41) is 0. The molecule has 0 bridgehead atoms. The molecule has 0 aromatic heterocycles. The van der Waals surface area contributed by atoms with E-state index < -0.39 is 10.0 Å². The summed E-state index contributed by atoms with van der Waals surface area (Å²) < 4.78 is 38.3. The van der Waals surface area contributed by atoms with Crippen molar-refractivity contribution in [3.8, 4) is 0 Å². The molecule has 2 atom stereocenters. The smallest absolute Gasteiger partial charge is 0.211 e. The van der Waals surface area contributed by atoms with Gasteiger partial charge in [0.1, 0.15) is 5.82 Å². The van der Waals surface area contributed by atoms with Gasteiger partial charge in [0.05, 0.1) is 6.26 Å². The molecule has 1 saturated heterocycles. The van der Waals surface area contributed by atoms with Gasteiger partial charge in [-0.05, 0) is 49.3 Å². The summed E-state index contributed by atoms with van der Waals surface area (Å²) in [6, 6.07) is 4.80. The second-order valence-electron chi connectivity index (χ2n) is 5.98. The number of hydrogen-bond acceptors (Lipinski definition) is 3. The molecular formula is C15H23FN2O2S. The highest BCUT2D eigenvalue weighted by atomic mass is 32.2. The normalized spacial score (nSPS) is 22.2. The highest BCUT2D eigenvalue weighted by molar-refractivity contribution is 7.88. The summed E-state index contributed by atoms with van der Waals surface area (Å²) in [7, 11) is -3.14. The fourth-order valence-corrected chi connectivity index (χ4v) is 3.80. The molecule has 0 spiro atoms. The molecule has 1 aromatic carbocycles. The number of hydrogen-bond donors (Lipinski definition) is 1. The molecule has 118 valence electrons. The van der Waals surface area contributed by atoms with Crippen molar-refractivity contribution >= 4 is 10.0 Å². The van der Waals surface area contributed by atoms with Crippen LogP contribution in [0.25, 0.3) is 0 Å². The fraction of sp³-hybridized carbons (Fsp3) is 0.600. The maximum Gasteiger partial charge on any atom is 0.211 e. The maximum atomic E-state index is 13.6. The Morgan fingerprint density at radius 3 is 2.81 bits per heavy atom. The standard InChI is InChI=1S/C15H23FN2O2S/c1-11-5-6-13(9-14(11)16)15(17)8-12-4-3-7-18(10-12)21(2,19)20/h5-6,9,12,15H,3-4,7-8,10,17H2,1-2H3. The third-order valence-corrected chi connectivity index (χ3v) is 5.43. The van der Waals surface area contributed by atoms with E-state index in [-0.39, 0.29) is 17.8 Å². The quantitative estimate of drug-likeness (QED) is 0.926. The predicted octanol–water partition coefficient (Wildman–Crippen LogP) is 2.20. The van der Waals surface area contributed by atoms with Crippen molar-refractivity contribution in [3.05, 3.63) is 35.1 Å². The summed E-state index contributed by atoms with van der Waals surface area (Å²) in [5.74, 6) is -0.0165. The van der Waals surface area contributed by atoms with E-state index >= 15 is 0 Å². The van der Waals surface area contributed by atoms with Crippen molar-refractivity contribution in [1.82, 2.24) is 4.31 Å². The second kappa shape index (κ2) is 6.42. The molecular weight excluding hydrogens is 291 g/mol. The summed E-state index contributed by atoms with van der Waals surface area (Å²) in [6.07, 6.45) is 3.74. The van der Waals surface area contributed by atoms with Gasteiger partial charge in [-0.15, -0.1) is 0 Å². The molecule has 2 rings (SSSR count). The lowest BCUT2D eigenvalue weighted by molar-refractivity contribution is 0.247. The molecule has 0 amide bonds. The lowest BCUT2D eigenvalue weighted by atomic mass is 9.89. The largest absolute Gasteiger partial charge is 0.324 e. The Morgan fingerprint density at radius 1 is 1.48 bits per heavy atom. The number of nitrogens with zero attached hydrogens (tertiary/aromatic N) is 1. The first kappa shape index (κ1) is 16.4. The highest BCUT2D eigenvalue weighted by Gasteiger charge is 2.27. The fourth-order valence-electron chi connectivity index (χ4n) is 2.86. The van der Waals surface area contributed by atoms with E-state index in [0.29, 0.717) is 25.1 Å². The summed E-state index contributed by atoms with van der Waals surface area (Å²) >= 11 is 0. The number of halogens is 1. The lowest BCUT2D eigenvalue weighted by Crippen LogP contribution is -2.40. The zero-order valence-electron chi connectivity index (χ0n) is 12.5. The maximum absolute atomic E-state index is 13.6. The van der Waals surface area contributed by atoms with Crippen LogP contribution in [0, 0.1) is 18.7 Å². The van der Waals surface area contributed by atoms with E-state index in [1.54, 1.807) is 13.0 Å². The minimum absolute atomic E-state index is 0.229. The van der Waals surface area contributed by atoms with Crippen LogP contribution >= 0.6 is 0 Å². The number of rotatable bonds is 4. The van der Waals surface area contributed by atoms with Crippen LogP contribution in [-0.4, -0.2) is 32.1 Å². The van der Waals surface area contributed by atoms with Crippen LogP contribution in [0.2, 0.25) is 0 Å². The van der Waals surface area contributed by atoms with Gasteiger partial charge >= 0.3 is 0 Å². The molecule has 1 fully saturated rings. The monoisotopic (exact) mass is 314 g/mol. The molecule has 21 heavy (non-hydrogen) atoms. The molecule has 1 aliphatic rings. The molecule has 0 aliphatic carbocycles. The molecule has 0 saturated carbocycles. The van der Waals surface area contributed by atoms with Crippen LogP contribution in [0.15, 0.2) is 18.2 Å². The summed E-state index contributed by atoms with van der Waals surface area (Å²) in [4.78, 5) is 0. The van der Waals surface area contributed by atoms with E-state index in [0.717, 1.165) is 18.4 Å². The number of aryl methyl sites for hydroxylation is 1. The van der Waals surface area contributed by atoms with E-state index in [9.17, 15) is 12.8 Å². The molecule has 1 aliphatic heterocycles. The molecule has 2 unspecified atom stereocenters. The van der Waals surface area contributed by atoms with Crippen LogP contribution in [0.4, 0.5) is 4.39 Å². The number of nitrogens with two attached hydrogens (primary N) is 1. The molecule has 2 N–H and O–H groups in total. The Labute approximate surface area is 126 Å². The van der Waals surface area contributed by atoms with Crippen LogP contribution in [0.1, 0.15) is 36.4 Å². The Morgan fingerprint density at radius 2 is 2.19 bits per heavy atom. The third kappa shape index (κ3) is 4.25. The van der Waals surface area contributed by atoms with Gasteiger partial charge in [-0.3, -0.25) is 0 Å². The third-order valence-electron chi connectivity index (χ3n) is 4.16. The van der Waals surface area contributed by atoms with Crippen molar-refractivity contribution in [2.24, 2.45) is 11.7 Å². The van der Waals surface area contributed by atoms with Gasteiger partial charge in [-0.25, -0.2) is 17.1 Å². The topological polar surface area (TPSA) is 63.4 Å². The van der Waals surface area contributed by atoms with E-state index in [4.69, 9.17) is 5.73 Å². The SMILES string of the molecule is Cc1ccc(C(N)CC2CCCN(S(C)(=O)=O)C2)cc1F. The minimum atomic E-state index is -3.14. The first-order valence-corrected chi connectivity index (χ1v) is 9.09. The molecule has 1 aromatic rings. The Kier molecular flexibility index (Phi) is 5.01. The molecule has 1 heterocycles. The molecule has 0 radical (unpaired) electrons. The van der Waals surface area contributed by atoms with E-state index in [1.165, 1.54) is 16.6 Å². The Bertz CT molecular complexity index is 604. The van der Waals surface area contributed by atoms with Crippen molar-refractivity contribution in [2.75, 3.05) is 19.3 Å². The molecule has 6 heteroatoms. The van der Waals surface area contributed by atoms with E-state index in [2.05, 4.69) is 0 Å². The van der Waals surface area contributed by atoms with Gasteiger partial charge in [0, 0.05) is 19.1 Å². The van der Waals surface area contributed by atoms with Gasteiger partial charge in [0.25, 0.3) is 0 Å². The number of benzene rings is 1. The zero-order valence-corrected chi connectivity index (χ0v) is 13.4. The predicted molar refractivity (Wildman–Crippen MR) is 81.8 cm³/mol. The van der Waals surface area contributed by atoms with Gasteiger partial charge in [0.15, 0.2) is 0 Å². The van der Waals surface area contributed by atoms with Crippen molar-refractivity contribution < 1.29 is 12.8 Å². The zero-order chi connectivity index (χ0) is 15.6.